The molecule has 2 atom stereocenters. The molecule has 0 saturated heterocycles. The number of hydrogen-bond acceptors (Lipinski definition) is 3. The first-order chi connectivity index (χ1) is 15.2. The van der Waals surface area contributed by atoms with E-state index in [0.29, 0.717) is 19.1 Å². The zero-order valence-corrected chi connectivity index (χ0v) is 18.5. The van der Waals surface area contributed by atoms with E-state index in [0.717, 1.165) is 34.8 Å². The van der Waals surface area contributed by atoms with Crippen LogP contribution in [0.15, 0.2) is 78.9 Å². The van der Waals surface area contributed by atoms with Crippen LogP contribution in [0, 0.1) is 0 Å². The van der Waals surface area contributed by atoms with E-state index in [1.165, 1.54) is 5.56 Å². The van der Waals surface area contributed by atoms with Gasteiger partial charge in [-0.2, -0.15) is 0 Å². The van der Waals surface area contributed by atoms with Gasteiger partial charge in [0, 0.05) is 0 Å². The first-order valence-electron chi connectivity index (χ1n) is 11.1. The van der Waals surface area contributed by atoms with Crippen LogP contribution >= 0.6 is 0 Å². The Kier molecular flexibility index (Phi) is 6.56. The summed E-state index contributed by atoms with van der Waals surface area (Å²) in [5.41, 5.74) is 3.42. The van der Waals surface area contributed by atoms with Crippen molar-refractivity contribution in [1.82, 2.24) is 9.55 Å². The minimum absolute atomic E-state index is 0.176. The Hall–Kier alpha value is -3.27. The molecule has 0 N–H and O–H groups in total. The first kappa shape index (κ1) is 21.0. The smallest absolute Gasteiger partial charge is 0.153 e. The highest BCUT2D eigenvalue weighted by Crippen LogP contribution is 2.26. The lowest BCUT2D eigenvalue weighted by atomic mass is 9.99. The zero-order valence-electron chi connectivity index (χ0n) is 18.5. The van der Waals surface area contributed by atoms with E-state index >= 15 is 0 Å². The van der Waals surface area contributed by atoms with Crippen LogP contribution in [0.4, 0.5) is 0 Å². The Morgan fingerprint density at radius 3 is 2.29 bits per heavy atom. The number of para-hydroxylation sites is 3. The summed E-state index contributed by atoms with van der Waals surface area (Å²) < 4.78 is 14.4. The number of fused-ring (bicyclic) bond motifs is 1. The van der Waals surface area contributed by atoms with Gasteiger partial charge in [0.25, 0.3) is 0 Å². The number of imidazole rings is 1. The topological polar surface area (TPSA) is 36.3 Å². The molecule has 0 aliphatic rings. The van der Waals surface area contributed by atoms with Crippen LogP contribution < -0.4 is 9.47 Å². The summed E-state index contributed by atoms with van der Waals surface area (Å²) in [6.45, 7) is 7.77. The molecule has 4 aromatic rings. The molecule has 4 nitrogen and oxygen atoms in total. The van der Waals surface area contributed by atoms with Crippen molar-refractivity contribution in [3.63, 3.8) is 0 Å². The van der Waals surface area contributed by atoms with Crippen molar-refractivity contribution in [3.8, 4) is 11.5 Å². The molecule has 4 heteroatoms. The van der Waals surface area contributed by atoms with Gasteiger partial charge in [0.05, 0.1) is 17.6 Å². The van der Waals surface area contributed by atoms with Crippen molar-refractivity contribution in [2.24, 2.45) is 0 Å². The number of benzene rings is 3. The van der Waals surface area contributed by atoms with Crippen LogP contribution in [0.1, 0.15) is 50.6 Å². The fraction of sp³-hybridized carbons (Fsp3) is 0.296. The van der Waals surface area contributed by atoms with Crippen molar-refractivity contribution in [2.75, 3.05) is 6.61 Å². The van der Waals surface area contributed by atoms with Crippen molar-refractivity contribution in [1.29, 1.82) is 0 Å². The molecular formula is C27H30N2O2. The average molecular weight is 415 g/mol. The summed E-state index contributed by atoms with van der Waals surface area (Å²) in [6, 6.07) is 26.5. The maximum Gasteiger partial charge on any atom is 0.153 e. The summed E-state index contributed by atoms with van der Waals surface area (Å²) in [5.74, 6) is 3.21. The molecule has 1 heterocycles. The second-order valence-corrected chi connectivity index (χ2v) is 7.91. The van der Waals surface area contributed by atoms with E-state index < -0.39 is 0 Å². The predicted molar refractivity (Wildman–Crippen MR) is 126 cm³/mol. The van der Waals surface area contributed by atoms with Gasteiger partial charge in [-0.15, -0.1) is 0 Å². The highest BCUT2D eigenvalue weighted by atomic mass is 16.5. The number of ether oxygens (including phenoxy) is 2. The van der Waals surface area contributed by atoms with Gasteiger partial charge in [-0.25, -0.2) is 4.98 Å². The molecular weight excluding hydrogens is 384 g/mol. The molecule has 160 valence electrons. The second kappa shape index (κ2) is 9.69. The van der Waals surface area contributed by atoms with Crippen LogP contribution in [0.25, 0.3) is 11.0 Å². The van der Waals surface area contributed by atoms with E-state index in [1.54, 1.807) is 0 Å². The summed E-state index contributed by atoms with van der Waals surface area (Å²) in [6.07, 6.45) is 0.963. The summed E-state index contributed by atoms with van der Waals surface area (Å²) in [4.78, 5) is 4.86. The standard InChI is InChI=1S/C27H30N2O2/c1-4-20(2)22-14-16-23(17-15-22)30-19-18-29-26-13-9-8-12-25(26)28-27(29)21(3)31-24-10-6-5-7-11-24/h5-17,20-21H,4,18-19H2,1-3H3. The third-order valence-electron chi connectivity index (χ3n) is 5.75. The lowest BCUT2D eigenvalue weighted by Crippen LogP contribution is -2.15. The molecule has 31 heavy (non-hydrogen) atoms. The van der Waals surface area contributed by atoms with Crippen molar-refractivity contribution in [2.45, 2.75) is 45.8 Å². The monoisotopic (exact) mass is 414 g/mol. The molecule has 4 rings (SSSR count). The van der Waals surface area contributed by atoms with Gasteiger partial charge < -0.3 is 14.0 Å². The van der Waals surface area contributed by atoms with Crippen LogP contribution in [0.3, 0.4) is 0 Å². The maximum atomic E-state index is 6.16. The van der Waals surface area contributed by atoms with Crippen molar-refractivity contribution < 1.29 is 9.47 Å². The molecule has 0 amide bonds. The highest BCUT2D eigenvalue weighted by molar-refractivity contribution is 5.76. The second-order valence-electron chi connectivity index (χ2n) is 7.91. The molecule has 0 spiro atoms. The molecule has 1 aromatic heterocycles. The fourth-order valence-electron chi connectivity index (χ4n) is 3.78. The van der Waals surface area contributed by atoms with E-state index in [4.69, 9.17) is 14.5 Å². The van der Waals surface area contributed by atoms with Crippen LogP contribution in [-0.2, 0) is 6.54 Å². The van der Waals surface area contributed by atoms with Crippen molar-refractivity contribution >= 4 is 11.0 Å². The molecule has 0 aliphatic carbocycles. The summed E-state index contributed by atoms with van der Waals surface area (Å²) in [5, 5.41) is 0. The molecule has 0 saturated carbocycles. The van der Waals surface area contributed by atoms with E-state index in [9.17, 15) is 0 Å². The van der Waals surface area contributed by atoms with Crippen LogP contribution in [-0.4, -0.2) is 16.2 Å². The zero-order chi connectivity index (χ0) is 21.6. The fourth-order valence-corrected chi connectivity index (χ4v) is 3.78. The number of hydrogen-bond donors (Lipinski definition) is 0. The average Bonchev–Trinajstić information content (AvgIpc) is 3.18. The van der Waals surface area contributed by atoms with Gasteiger partial charge in [-0.1, -0.05) is 56.3 Å². The number of rotatable bonds is 9. The minimum Gasteiger partial charge on any atom is -0.492 e. The van der Waals surface area contributed by atoms with E-state index in [1.807, 2.05) is 55.5 Å². The molecule has 0 radical (unpaired) electrons. The van der Waals surface area contributed by atoms with Gasteiger partial charge in [-0.3, -0.25) is 0 Å². The molecule has 0 bridgehead atoms. The van der Waals surface area contributed by atoms with Crippen molar-refractivity contribution in [3.05, 3.63) is 90.3 Å². The Labute approximate surface area is 184 Å². The Morgan fingerprint density at radius 2 is 1.55 bits per heavy atom. The lowest BCUT2D eigenvalue weighted by Gasteiger charge is -2.17. The summed E-state index contributed by atoms with van der Waals surface area (Å²) in [7, 11) is 0. The van der Waals surface area contributed by atoms with Gasteiger partial charge in [-0.05, 0) is 61.2 Å². The van der Waals surface area contributed by atoms with Gasteiger partial charge in [0.2, 0.25) is 0 Å². The van der Waals surface area contributed by atoms with Gasteiger partial charge in [0.15, 0.2) is 11.9 Å². The minimum atomic E-state index is -0.176. The highest BCUT2D eigenvalue weighted by Gasteiger charge is 2.18. The molecule has 0 aliphatic heterocycles. The SMILES string of the molecule is CCC(C)c1ccc(OCCn2c(C(C)Oc3ccccc3)nc3ccccc32)cc1. The Bertz CT molecular complexity index is 1100. The van der Waals surface area contributed by atoms with Gasteiger partial charge >= 0.3 is 0 Å². The third kappa shape index (κ3) is 4.91. The van der Waals surface area contributed by atoms with Gasteiger partial charge in [0.1, 0.15) is 18.1 Å². The Morgan fingerprint density at radius 1 is 0.839 bits per heavy atom. The Balaban J connectivity index is 1.49. The molecule has 0 fully saturated rings. The quantitative estimate of drug-likeness (QED) is 0.303. The van der Waals surface area contributed by atoms with Crippen LogP contribution in [0.5, 0.6) is 11.5 Å². The lowest BCUT2D eigenvalue weighted by molar-refractivity contribution is 0.207. The maximum absolute atomic E-state index is 6.16. The third-order valence-corrected chi connectivity index (χ3v) is 5.75. The summed E-state index contributed by atoms with van der Waals surface area (Å²) >= 11 is 0. The van der Waals surface area contributed by atoms with E-state index in [2.05, 4.69) is 48.7 Å². The molecule has 2 unspecified atom stereocenters. The van der Waals surface area contributed by atoms with Crippen LogP contribution in [0.2, 0.25) is 0 Å². The first-order valence-corrected chi connectivity index (χ1v) is 11.1. The van der Waals surface area contributed by atoms with E-state index in [-0.39, 0.29) is 6.10 Å². The molecule has 3 aromatic carbocycles. The number of nitrogens with zero attached hydrogens (tertiary/aromatic N) is 2. The number of aromatic nitrogens is 2. The predicted octanol–water partition coefficient (Wildman–Crippen LogP) is 6.77. The normalized spacial score (nSPS) is 13.1. The largest absolute Gasteiger partial charge is 0.492 e.